The predicted octanol–water partition coefficient (Wildman–Crippen LogP) is 2.55. The van der Waals surface area contributed by atoms with Crippen molar-refractivity contribution in [2.75, 3.05) is 6.54 Å². The van der Waals surface area contributed by atoms with Gasteiger partial charge in [0.2, 0.25) is 0 Å². The molecule has 0 fully saturated rings. The van der Waals surface area contributed by atoms with Crippen LogP contribution in [0.15, 0.2) is 34.9 Å². The third kappa shape index (κ3) is 2.87. The molecule has 17 heavy (non-hydrogen) atoms. The van der Waals surface area contributed by atoms with Crippen molar-refractivity contribution in [3.8, 4) is 11.4 Å². The van der Waals surface area contributed by atoms with E-state index in [2.05, 4.69) is 25.9 Å². The molecule has 0 unspecified atom stereocenters. The Morgan fingerprint density at radius 1 is 1.29 bits per heavy atom. The number of aromatic nitrogens is 2. The highest BCUT2D eigenvalue weighted by Crippen LogP contribution is 2.26. The van der Waals surface area contributed by atoms with E-state index in [9.17, 15) is 4.39 Å². The van der Waals surface area contributed by atoms with E-state index in [0.29, 0.717) is 24.4 Å². The van der Waals surface area contributed by atoms with Crippen molar-refractivity contribution < 1.29 is 4.39 Å². The summed E-state index contributed by atoms with van der Waals surface area (Å²) in [5.41, 5.74) is 6.97. The van der Waals surface area contributed by atoms with Gasteiger partial charge in [0.25, 0.3) is 0 Å². The van der Waals surface area contributed by atoms with Gasteiger partial charge in [-0.2, -0.15) is 0 Å². The van der Waals surface area contributed by atoms with Crippen LogP contribution in [0.5, 0.6) is 0 Å². The fraction of sp³-hybridized carbons (Fsp3) is 0.167. The minimum atomic E-state index is -0.309. The zero-order valence-electron chi connectivity index (χ0n) is 9.03. The minimum Gasteiger partial charge on any atom is -0.330 e. The minimum absolute atomic E-state index is 0.309. The van der Waals surface area contributed by atoms with E-state index < -0.39 is 0 Å². The monoisotopic (exact) mass is 295 g/mol. The average Bonchev–Trinajstić information content (AvgIpc) is 2.33. The third-order valence-corrected chi connectivity index (χ3v) is 2.97. The van der Waals surface area contributed by atoms with Crippen LogP contribution in [-0.4, -0.2) is 16.5 Å². The Labute approximate surface area is 107 Å². The lowest BCUT2D eigenvalue weighted by atomic mass is 10.2. The highest BCUT2D eigenvalue weighted by atomic mass is 79.9. The van der Waals surface area contributed by atoms with Gasteiger partial charge >= 0.3 is 0 Å². The van der Waals surface area contributed by atoms with E-state index in [1.165, 1.54) is 12.1 Å². The van der Waals surface area contributed by atoms with Gasteiger partial charge in [-0.05, 0) is 30.8 Å². The Balaban J connectivity index is 2.45. The summed E-state index contributed by atoms with van der Waals surface area (Å²) >= 11 is 3.36. The molecule has 0 atom stereocenters. The fourth-order valence-electron chi connectivity index (χ4n) is 1.48. The number of hydrogen-bond acceptors (Lipinski definition) is 3. The first kappa shape index (κ1) is 12.1. The Bertz CT molecular complexity index is 531. The van der Waals surface area contributed by atoms with Gasteiger partial charge in [0.05, 0.1) is 0 Å². The number of rotatable bonds is 3. The third-order valence-electron chi connectivity index (χ3n) is 2.28. The summed E-state index contributed by atoms with van der Waals surface area (Å²) in [5, 5.41) is 0. The molecule has 1 aromatic carbocycles. The van der Waals surface area contributed by atoms with Crippen molar-refractivity contribution in [3.63, 3.8) is 0 Å². The molecule has 0 saturated carbocycles. The summed E-state index contributed by atoms with van der Waals surface area (Å²) in [6, 6.07) is 6.25. The van der Waals surface area contributed by atoms with Gasteiger partial charge in [0.1, 0.15) is 5.82 Å². The van der Waals surface area contributed by atoms with Gasteiger partial charge in [0, 0.05) is 28.3 Å². The molecule has 3 nitrogen and oxygen atoms in total. The SMILES string of the molecule is NCCc1ccnc(-c2cc(F)ccc2Br)n1. The molecular formula is C12H11BrFN3. The summed E-state index contributed by atoms with van der Waals surface area (Å²) < 4.78 is 14.0. The molecule has 0 aliphatic heterocycles. The molecule has 2 rings (SSSR count). The van der Waals surface area contributed by atoms with Crippen molar-refractivity contribution in [2.24, 2.45) is 5.73 Å². The number of hydrogen-bond donors (Lipinski definition) is 1. The van der Waals surface area contributed by atoms with Crippen molar-refractivity contribution in [1.82, 2.24) is 9.97 Å². The average molecular weight is 296 g/mol. The first-order valence-electron chi connectivity index (χ1n) is 5.18. The number of nitrogens with zero attached hydrogens (tertiary/aromatic N) is 2. The van der Waals surface area contributed by atoms with E-state index in [4.69, 9.17) is 5.73 Å². The summed E-state index contributed by atoms with van der Waals surface area (Å²) in [6.45, 7) is 0.529. The maximum absolute atomic E-state index is 13.2. The van der Waals surface area contributed by atoms with Gasteiger partial charge < -0.3 is 5.73 Å². The highest BCUT2D eigenvalue weighted by molar-refractivity contribution is 9.10. The lowest BCUT2D eigenvalue weighted by Crippen LogP contribution is -2.05. The topological polar surface area (TPSA) is 51.8 Å². The molecule has 2 aromatic rings. The van der Waals surface area contributed by atoms with Crippen molar-refractivity contribution in [1.29, 1.82) is 0 Å². The maximum atomic E-state index is 13.2. The van der Waals surface area contributed by atoms with Crippen LogP contribution in [0.4, 0.5) is 4.39 Å². The van der Waals surface area contributed by atoms with Gasteiger partial charge in [0.15, 0.2) is 5.82 Å². The summed E-state index contributed by atoms with van der Waals surface area (Å²) in [7, 11) is 0. The summed E-state index contributed by atoms with van der Waals surface area (Å²) in [4.78, 5) is 8.49. The lowest BCUT2D eigenvalue weighted by molar-refractivity contribution is 0.628. The molecule has 0 aliphatic carbocycles. The molecule has 88 valence electrons. The van der Waals surface area contributed by atoms with Gasteiger partial charge in [-0.1, -0.05) is 15.9 Å². The van der Waals surface area contributed by atoms with Crippen molar-refractivity contribution in [3.05, 3.63) is 46.4 Å². The predicted molar refractivity (Wildman–Crippen MR) is 67.9 cm³/mol. The molecule has 1 aromatic heterocycles. The van der Waals surface area contributed by atoms with Crippen LogP contribution in [0.2, 0.25) is 0 Å². The second kappa shape index (κ2) is 5.33. The van der Waals surface area contributed by atoms with Crippen LogP contribution in [-0.2, 0) is 6.42 Å². The lowest BCUT2D eigenvalue weighted by Gasteiger charge is -2.05. The van der Waals surface area contributed by atoms with Crippen LogP contribution in [0.3, 0.4) is 0 Å². The van der Waals surface area contributed by atoms with Gasteiger partial charge in [-0.3, -0.25) is 0 Å². The van der Waals surface area contributed by atoms with Crippen LogP contribution in [0, 0.1) is 5.82 Å². The van der Waals surface area contributed by atoms with E-state index in [0.717, 1.165) is 10.2 Å². The van der Waals surface area contributed by atoms with Gasteiger partial charge in [-0.15, -0.1) is 0 Å². The molecule has 0 spiro atoms. The first-order valence-corrected chi connectivity index (χ1v) is 5.97. The second-order valence-electron chi connectivity index (χ2n) is 3.53. The highest BCUT2D eigenvalue weighted by Gasteiger charge is 2.08. The molecule has 0 saturated heterocycles. The number of halogens is 2. The van der Waals surface area contributed by atoms with E-state index in [1.54, 1.807) is 12.3 Å². The zero-order chi connectivity index (χ0) is 12.3. The maximum Gasteiger partial charge on any atom is 0.160 e. The molecule has 0 aliphatic rings. The molecule has 0 bridgehead atoms. The zero-order valence-corrected chi connectivity index (χ0v) is 10.6. The molecule has 1 heterocycles. The van der Waals surface area contributed by atoms with E-state index >= 15 is 0 Å². The van der Waals surface area contributed by atoms with Crippen LogP contribution < -0.4 is 5.73 Å². The summed E-state index contributed by atoms with van der Waals surface area (Å²) in [6.07, 6.45) is 2.34. The van der Waals surface area contributed by atoms with Crippen LogP contribution in [0.25, 0.3) is 11.4 Å². The molecule has 0 amide bonds. The van der Waals surface area contributed by atoms with Crippen LogP contribution in [0.1, 0.15) is 5.69 Å². The number of benzene rings is 1. The molecule has 2 N–H and O–H groups in total. The Morgan fingerprint density at radius 2 is 2.12 bits per heavy atom. The largest absolute Gasteiger partial charge is 0.330 e. The van der Waals surface area contributed by atoms with E-state index in [-0.39, 0.29) is 5.82 Å². The van der Waals surface area contributed by atoms with Crippen molar-refractivity contribution in [2.45, 2.75) is 6.42 Å². The Morgan fingerprint density at radius 3 is 2.88 bits per heavy atom. The summed E-state index contributed by atoms with van der Waals surface area (Å²) in [5.74, 6) is 0.193. The first-order chi connectivity index (χ1) is 8.20. The van der Waals surface area contributed by atoms with E-state index in [1.807, 2.05) is 6.07 Å². The normalized spacial score (nSPS) is 10.5. The quantitative estimate of drug-likeness (QED) is 0.947. The molecular weight excluding hydrogens is 285 g/mol. The molecule has 5 heteroatoms. The number of nitrogens with two attached hydrogens (primary N) is 1. The Kier molecular flexibility index (Phi) is 3.81. The van der Waals surface area contributed by atoms with Crippen LogP contribution >= 0.6 is 15.9 Å². The molecule has 0 radical (unpaired) electrons. The van der Waals surface area contributed by atoms with Crippen molar-refractivity contribution >= 4 is 15.9 Å². The fourth-order valence-corrected chi connectivity index (χ4v) is 1.91. The Hall–Kier alpha value is -1.33. The second-order valence-corrected chi connectivity index (χ2v) is 4.39. The smallest absolute Gasteiger partial charge is 0.160 e. The van der Waals surface area contributed by atoms with Gasteiger partial charge in [-0.25, -0.2) is 14.4 Å². The standard InChI is InChI=1S/C12H11BrFN3/c13-11-2-1-8(14)7-10(11)12-16-6-4-9(17-12)3-5-15/h1-2,4,6-7H,3,5,15H2.